The van der Waals surface area contributed by atoms with Crippen LogP contribution in [-0.4, -0.2) is 51.0 Å². The van der Waals surface area contributed by atoms with Gasteiger partial charge in [0.15, 0.2) is 0 Å². The van der Waals surface area contributed by atoms with Crippen molar-refractivity contribution in [2.75, 3.05) is 19.6 Å². The normalized spacial score (nSPS) is 18.1. The molecule has 1 fully saturated rings. The highest BCUT2D eigenvalue weighted by molar-refractivity contribution is 5.97. The molecular formula is C16H21N5O3. The van der Waals surface area contributed by atoms with Crippen LogP contribution in [0.2, 0.25) is 0 Å². The number of fused-ring (bicyclic) bond motifs is 1. The van der Waals surface area contributed by atoms with E-state index in [0.29, 0.717) is 24.3 Å². The number of H-pyrrole nitrogens is 1. The zero-order valence-corrected chi connectivity index (χ0v) is 13.8. The smallest absolute Gasteiger partial charge is 0.329 e. The Hall–Kier alpha value is -2.48. The molecule has 2 N–H and O–H groups in total. The van der Waals surface area contributed by atoms with Gasteiger partial charge in [0.1, 0.15) is 5.65 Å². The third kappa shape index (κ3) is 2.84. The van der Waals surface area contributed by atoms with Gasteiger partial charge in [-0.3, -0.25) is 19.1 Å². The Morgan fingerprint density at radius 3 is 2.92 bits per heavy atom. The number of rotatable bonds is 3. The fourth-order valence-corrected chi connectivity index (χ4v) is 3.02. The van der Waals surface area contributed by atoms with Gasteiger partial charge in [-0.1, -0.05) is 6.92 Å². The molecule has 0 unspecified atom stereocenters. The van der Waals surface area contributed by atoms with Crippen molar-refractivity contribution in [3.8, 4) is 0 Å². The van der Waals surface area contributed by atoms with Crippen LogP contribution in [0.4, 0.5) is 0 Å². The first kappa shape index (κ1) is 16.4. The summed E-state index contributed by atoms with van der Waals surface area (Å²) < 4.78 is 1.43. The van der Waals surface area contributed by atoms with Crippen LogP contribution in [0.5, 0.6) is 0 Å². The number of nitrogens with zero attached hydrogens (tertiary/aromatic N) is 3. The van der Waals surface area contributed by atoms with Gasteiger partial charge in [0.25, 0.3) is 11.5 Å². The first-order chi connectivity index (χ1) is 11.5. The summed E-state index contributed by atoms with van der Waals surface area (Å²) in [5.74, 6) is -0.147. The Morgan fingerprint density at radius 2 is 2.21 bits per heavy atom. The second-order valence-corrected chi connectivity index (χ2v) is 6.06. The van der Waals surface area contributed by atoms with Gasteiger partial charge in [0.2, 0.25) is 0 Å². The Morgan fingerprint density at radius 1 is 1.42 bits per heavy atom. The summed E-state index contributed by atoms with van der Waals surface area (Å²) in [6.07, 6.45) is 2.19. The summed E-state index contributed by atoms with van der Waals surface area (Å²) in [5.41, 5.74) is -0.312. The van der Waals surface area contributed by atoms with Crippen LogP contribution in [0.25, 0.3) is 11.0 Å². The van der Waals surface area contributed by atoms with E-state index in [9.17, 15) is 14.4 Å². The van der Waals surface area contributed by atoms with Crippen molar-refractivity contribution in [2.45, 2.75) is 32.9 Å². The van der Waals surface area contributed by atoms with Crippen molar-refractivity contribution in [3.63, 3.8) is 0 Å². The SMILES string of the molecule is CCCn1c(=O)[nH]c(=O)c2cc(C(=O)N3CCNC[C@H]3C)cnc21. The van der Waals surface area contributed by atoms with Gasteiger partial charge < -0.3 is 10.2 Å². The fourth-order valence-electron chi connectivity index (χ4n) is 3.02. The third-order valence-electron chi connectivity index (χ3n) is 4.29. The van der Waals surface area contributed by atoms with Crippen LogP contribution in [0.15, 0.2) is 21.9 Å². The lowest BCUT2D eigenvalue weighted by molar-refractivity contribution is 0.0655. The van der Waals surface area contributed by atoms with E-state index in [4.69, 9.17) is 0 Å². The molecule has 1 amide bonds. The first-order valence-corrected chi connectivity index (χ1v) is 8.17. The fraction of sp³-hybridized carbons (Fsp3) is 0.500. The van der Waals surface area contributed by atoms with Gasteiger partial charge in [-0.2, -0.15) is 0 Å². The topological polar surface area (TPSA) is 100 Å². The van der Waals surface area contributed by atoms with Crippen molar-refractivity contribution in [1.82, 2.24) is 24.8 Å². The molecule has 0 aromatic carbocycles. The van der Waals surface area contributed by atoms with E-state index in [1.165, 1.54) is 16.8 Å². The van der Waals surface area contributed by atoms with Crippen LogP contribution >= 0.6 is 0 Å². The van der Waals surface area contributed by atoms with Crippen LogP contribution in [0, 0.1) is 0 Å². The highest BCUT2D eigenvalue weighted by Gasteiger charge is 2.25. The Labute approximate surface area is 138 Å². The molecule has 2 aromatic heterocycles. The molecular weight excluding hydrogens is 310 g/mol. The van der Waals surface area contributed by atoms with Gasteiger partial charge in [-0.15, -0.1) is 0 Å². The third-order valence-corrected chi connectivity index (χ3v) is 4.29. The molecule has 1 aliphatic rings. The number of nitrogens with one attached hydrogen (secondary N) is 2. The second kappa shape index (κ2) is 6.56. The number of hydrogen-bond acceptors (Lipinski definition) is 5. The molecule has 0 spiro atoms. The summed E-state index contributed by atoms with van der Waals surface area (Å²) in [6, 6.07) is 1.61. The molecule has 3 rings (SSSR count). The highest BCUT2D eigenvalue weighted by atomic mass is 16.2. The summed E-state index contributed by atoms with van der Waals surface area (Å²) in [5, 5.41) is 3.50. The van der Waals surface area contributed by atoms with Gasteiger partial charge in [0, 0.05) is 38.4 Å². The average molecular weight is 331 g/mol. The van der Waals surface area contributed by atoms with E-state index < -0.39 is 11.2 Å². The molecule has 0 bridgehead atoms. The van der Waals surface area contributed by atoms with E-state index in [2.05, 4.69) is 15.3 Å². The number of amides is 1. The molecule has 8 heteroatoms. The number of carbonyl (C=O) groups excluding carboxylic acids is 1. The summed E-state index contributed by atoms with van der Waals surface area (Å²) in [7, 11) is 0. The maximum Gasteiger partial charge on any atom is 0.329 e. The Bertz CT molecular complexity index is 885. The highest BCUT2D eigenvalue weighted by Crippen LogP contribution is 2.13. The van der Waals surface area contributed by atoms with Crippen molar-refractivity contribution in [1.29, 1.82) is 0 Å². The van der Waals surface area contributed by atoms with Gasteiger partial charge in [0.05, 0.1) is 10.9 Å². The van der Waals surface area contributed by atoms with E-state index in [1.807, 2.05) is 13.8 Å². The van der Waals surface area contributed by atoms with Crippen LogP contribution in [0.1, 0.15) is 30.6 Å². The van der Waals surface area contributed by atoms with Crippen LogP contribution in [0.3, 0.4) is 0 Å². The maximum atomic E-state index is 12.7. The summed E-state index contributed by atoms with van der Waals surface area (Å²) >= 11 is 0. The molecule has 0 aliphatic carbocycles. The van der Waals surface area contributed by atoms with Gasteiger partial charge >= 0.3 is 5.69 Å². The molecule has 0 radical (unpaired) electrons. The number of carbonyl (C=O) groups is 1. The lowest BCUT2D eigenvalue weighted by atomic mass is 10.1. The van der Waals surface area contributed by atoms with E-state index in [-0.39, 0.29) is 17.3 Å². The number of pyridine rings is 1. The number of aryl methyl sites for hydroxylation is 1. The van der Waals surface area contributed by atoms with E-state index in [1.54, 1.807) is 4.90 Å². The molecule has 0 saturated carbocycles. The van der Waals surface area contributed by atoms with Crippen molar-refractivity contribution in [2.24, 2.45) is 0 Å². The predicted molar refractivity (Wildman–Crippen MR) is 90.3 cm³/mol. The zero-order chi connectivity index (χ0) is 17.3. The molecule has 24 heavy (non-hydrogen) atoms. The quantitative estimate of drug-likeness (QED) is 0.820. The molecule has 1 aliphatic heterocycles. The molecule has 1 atom stereocenters. The minimum atomic E-state index is -0.516. The molecule has 1 saturated heterocycles. The number of hydrogen-bond donors (Lipinski definition) is 2. The van der Waals surface area contributed by atoms with Gasteiger partial charge in [-0.05, 0) is 19.4 Å². The monoisotopic (exact) mass is 331 g/mol. The Kier molecular flexibility index (Phi) is 4.48. The minimum Gasteiger partial charge on any atom is -0.333 e. The van der Waals surface area contributed by atoms with E-state index >= 15 is 0 Å². The van der Waals surface area contributed by atoms with Crippen LogP contribution < -0.4 is 16.6 Å². The first-order valence-electron chi connectivity index (χ1n) is 8.17. The largest absolute Gasteiger partial charge is 0.333 e. The average Bonchev–Trinajstić information content (AvgIpc) is 2.58. The van der Waals surface area contributed by atoms with Crippen LogP contribution in [-0.2, 0) is 6.54 Å². The molecule has 128 valence electrons. The number of piperazine rings is 1. The standard InChI is InChI=1S/C16H21N5O3/c1-3-5-21-13-12(14(22)19-16(21)24)7-11(9-18-13)15(23)20-6-4-17-8-10(20)2/h7,9-10,17H,3-6,8H2,1-2H3,(H,19,22,24)/t10-/m1/s1. The summed E-state index contributed by atoms with van der Waals surface area (Å²) in [4.78, 5) is 45.1. The second-order valence-electron chi connectivity index (χ2n) is 6.06. The molecule has 3 heterocycles. The molecule has 2 aromatic rings. The Balaban J connectivity index is 2.07. The zero-order valence-electron chi connectivity index (χ0n) is 13.8. The lowest BCUT2D eigenvalue weighted by Crippen LogP contribution is -2.52. The van der Waals surface area contributed by atoms with Crippen molar-refractivity contribution in [3.05, 3.63) is 38.7 Å². The lowest BCUT2D eigenvalue weighted by Gasteiger charge is -2.34. The maximum absolute atomic E-state index is 12.7. The minimum absolute atomic E-state index is 0.0780. The molecule has 8 nitrogen and oxygen atoms in total. The number of aromatic nitrogens is 3. The predicted octanol–water partition coefficient (Wildman–Crippen LogP) is -0.0713. The van der Waals surface area contributed by atoms with Crippen molar-refractivity contribution < 1.29 is 4.79 Å². The summed E-state index contributed by atoms with van der Waals surface area (Å²) in [6.45, 7) is 6.47. The van der Waals surface area contributed by atoms with E-state index in [0.717, 1.165) is 19.5 Å². The van der Waals surface area contributed by atoms with Gasteiger partial charge in [-0.25, -0.2) is 9.78 Å². The number of aromatic amines is 1. The van der Waals surface area contributed by atoms with Crippen molar-refractivity contribution >= 4 is 16.9 Å².